The van der Waals surface area contributed by atoms with Gasteiger partial charge in [0.15, 0.2) is 0 Å². The molecule has 13 heavy (non-hydrogen) atoms. The minimum Gasteiger partial charge on any atom is -0.367 e. The second-order valence-electron chi connectivity index (χ2n) is 2.76. The summed E-state index contributed by atoms with van der Waals surface area (Å²) in [6.07, 6.45) is 3.40. The first-order chi connectivity index (χ1) is 6.25. The smallest absolute Gasteiger partial charge is 0.126 e. The minimum atomic E-state index is -0.559. The van der Waals surface area contributed by atoms with Crippen LogP contribution in [0.1, 0.15) is 0 Å². The normalized spacial score (nSPS) is 10.3. The first-order valence-corrected chi connectivity index (χ1v) is 3.85. The molecule has 2 rings (SSSR count). The summed E-state index contributed by atoms with van der Waals surface area (Å²) in [4.78, 5) is 2.82. The standard InChI is InChI=1S/C10H7F2N/c11-9-3-8(4-10(12)5-9)7-1-2-13-6-7/h1-6,13H. The van der Waals surface area contributed by atoms with Crippen LogP contribution >= 0.6 is 0 Å². The molecule has 0 atom stereocenters. The molecular weight excluding hydrogens is 172 g/mol. The van der Waals surface area contributed by atoms with Crippen LogP contribution in [0.4, 0.5) is 8.78 Å². The summed E-state index contributed by atoms with van der Waals surface area (Å²) in [5, 5.41) is 0. The fourth-order valence-electron chi connectivity index (χ4n) is 1.22. The van der Waals surface area contributed by atoms with E-state index in [1.54, 1.807) is 18.5 Å². The quantitative estimate of drug-likeness (QED) is 0.692. The van der Waals surface area contributed by atoms with Crippen LogP contribution in [-0.4, -0.2) is 4.98 Å². The van der Waals surface area contributed by atoms with Crippen molar-refractivity contribution in [1.82, 2.24) is 4.98 Å². The van der Waals surface area contributed by atoms with Gasteiger partial charge in [0.05, 0.1) is 0 Å². The predicted octanol–water partition coefficient (Wildman–Crippen LogP) is 2.96. The molecule has 1 aromatic heterocycles. The SMILES string of the molecule is Fc1cc(F)cc(-c2cc[nH]c2)c1. The number of rotatable bonds is 1. The van der Waals surface area contributed by atoms with E-state index in [2.05, 4.69) is 4.98 Å². The molecule has 0 radical (unpaired) electrons. The summed E-state index contributed by atoms with van der Waals surface area (Å²) in [5.41, 5.74) is 1.32. The molecule has 0 aliphatic carbocycles. The van der Waals surface area contributed by atoms with Gasteiger partial charge in [-0.15, -0.1) is 0 Å². The van der Waals surface area contributed by atoms with E-state index in [1.807, 2.05) is 0 Å². The van der Waals surface area contributed by atoms with E-state index in [9.17, 15) is 8.78 Å². The van der Waals surface area contributed by atoms with Crippen molar-refractivity contribution in [2.45, 2.75) is 0 Å². The van der Waals surface area contributed by atoms with Crippen LogP contribution in [0, 0.1) is 11.6 Å². The second kappa shape index (κ2) is 3.01. The van der Waals surface area contributed by atoms with Crippen LogP contribution in [0.15, 0.2) is 36.7 Å². The summed E-state index contributed by atoms with van der Waals surface area (Å²) in [5.74, 6) is -1.12. The van der Waals surface area contributed by atoms with Gasteiger partial charge < -0.3 is 4.98 Å². The summed E-state index contributed by atoms with van der Waals surface area (Å²) in [6, 6.07) is 5.21. The number of benzene rings is 1. The number of hydrogen-bond acceptors (Lipinski definition) is 0. The Morgan fingerprint density at radius 1 is 0.923 bits per heavy atom. The lowest BCUT2D eigenvalue weighted by Crippen LogP contribution is -1.81. The van der Waals surface area contributed by atoms with Gasteiger partial charge in [0.1, 0.15) is 11.6 Å². The Labute approximate surface area is 74.0 Å². The molecule has 0 unspecified atom stereocenters. The molecule has 0 aliphatic rings. The van der Waals surface area contributed by atoms with Crippen LogP contribution in [-0.2, 0) is 0 Å². The Morgan fingerprint density at radius 3 is 2.15 bits per heavy atom. The van der Waals surface area contributed by atoms with E-state index in [-0.39, 0.29) is 0 Å². The highest BCUT2D eigenvalue weighted by Gasteiger charge is 2.02. The molecule has 3 heteroatoms. The predicted molar refractivity (Wildman–Crippen MR) is 46.1 cm³/mol. The third-order valence-corrected chi connectivity index (χ3v) is 1.79. The molecule has 0 aliphatic heterocycles. The van der Waals surface area contributed by atoms with Crippen LogP contribution in [0.25, 0.3) is 11.1 Å². The first kappa shape index (κ1) is 7.98. The molecule has 0 bridgehead atoms. The van der Waals surface area contributed by atoms with Gasteiger partial charge in [-0.1, -0.05) is 0 Å². The maximum absolute atomic E-state index is 12.8. The zero-order valence-electron chi connectivity index (χ0n) is 6.72. The summed E-state index contributed by atoms with van der Waals surface area (Å²) >= 11 is 0. The third kappa shape index (κ3) is 1.59. The average molecular weight is 179 g/mol. The van der Waals surface area contributed by atoms with E-state index < -0.39 is 11.6 Å². The maximum atomic E-state index is 12.8. The number of aromatic amines is 1. The molecule has 0 fully saturated rings. The average Bonchev–Trinajstić information content (AvgIpc) is 2.53. The van der Waals surface area contributed by atoms with Crippen LogP contribution in [0.2, 0.25) is 0 Å². The lowest BCUT2D eigenvalue weighted by atomic mass is 10.1. The third-order valence-electron chi connectivity index (χ3n) is 1.79. The summed E-state index contributed by atoms with van der Waals surface area (Å²) in [7, 11) is 0. The fourth-order valence-corrected chi connectivity index (χ4v) is 1.22. The molecule has 0 saturated carbocycles. The van der Waals surface area contributed by atoms with Gasteiger partial charge in [0, 0.05) is 18.5 Å². The number of hydrogen-bond donors (Lipinski definition) is 1. The maximum Gasteiger partial charge on any atom is 0.126 e. The molecule has 1 nitrogen and oxygen atoms in total. The van der Waals surface area contributed by atoms with Crippen LogP contribution < -0.4 is 0 Å². The monoisotopic (exact) mass is 179 g/mol. The Kier molecular flexibility index (Phi) is 1.85. The fraction of sp³-hybridized carbons (Fsp3) is 0. The van der Waals surface area contributed by atoms with Crippen molar-refractivity contribution >= 4 is 0 Å². The van der Waals surface area contributed by atoms with Crippen molar-refractivity contribution in [3.63, 3.8) is 0 Å². The van der Waals surface area contributed by atoms with Gasteiger partial charge in [-0.05, 0) is 29.3 Å². The lowest BCUT2D eigenvalue weighted by Gasteiger charge is -1.97. The molecule has 1 N–H and O–H groups in total. The molecular formula is C10H7F2N. The summed E-state index contributed by atoms with van der Waals surface area (Å²) in [6.45, 7) is 0. The van der Waals surface area contributed by atoms with Gasteiger partial charge >= 0.3 is 0 Å². The molecule has 0 amide bonds. The lowest BCUT2D eigenvalue weighted by molar-refractivity contribution is 0.584. The van der Waals surface area contributed by atoms with Crippen molar-refractivity contribution in [3.05, 3.63) is 48.3 Å². The van der Waals surface area contributed by atoms with Gasteiger partial charge in [-0.25, -0.2) is 8.78 Å². The first-order valence-electron chi connectivity index (χ1n) is 3.85. The van der Waals surface area contributed by atoms with Crippen LogP contribution in [0.5, 0.6) is 0 Å². The van der Waals surface area contributed by atoms with Gasteiger partial charge in [-0.3, -0.25) is 0 Å². The van der Waals surface area contributed by atoms with Crippen LogP contribution in [0.3, 0.4) is 0 Å². The molecule has 66 valence electrons. The van der Waals surface area contributed by atoms with Gasteiger partial charge in [0.25, 0.3) is 0 Å². The largest absolute Gasteiger partial charge is 0.367 e. The van der Waals surface area contributed by atoms with Gasteiger partial charge in [-0.2, -0.15) is 0 Å². The van der Waals surface area contributed by atoms with Gasteiger partial charge in [0.2, 0.25) is 0 Å². The zero-order chi connectivity index (χ0) is 9.26. The zero-order valence-corrected chi connectivity index (χ0v) is 6.72. The Bertz CT molecular complexity index is 387. The number of nitrogens with one attached hydrogen (secondary N) is 1. The highest BCUT2D eigenvalue weighted by atomic mass is 19.1. The Hall–Kier alpha value is -1.64. The van der Waals surface area contributed by atoms with E-state index in [4.69, 9.17) is 0 Å². The molecule has 1 aromatic carbocycles. The van der Waals surface area contributed by atoms with Crippen molar-refractivity contribution in [2.24, 2.45) is 0 Å². The number of aromatic nitrogens is 1. The number of H-pyrrole nitrogens is 1. The highest BCUT2D eigenvalue weighted by molar-refractivity contribution is 5.62. The molecule has 0 spiro atoms. The van der Waals surface area contributed by atoms with E-state index in [0.29, 0.717) is 5.56 Å². The van der Waals surface area contributed by atoms with E-state index in [0.717, 1.165) is 11.6 Å². The summed E-state index contributed by atoms with van der Waals surface area (Å²) < 4.78 is 25.5. The molecule has 1 heterocycles. The van der Waals surface area contributed by atoms with E-state index >= 15 is 0 Å². The van der Waals surface area contributed by atoms with Crippen molar-refractivity contribution in [3.8, 4) is 11.1 Å². The number of halogens is 2. The Balaban J connectivity index is 2.53. The van der Waals surface area contributed by atoms with Crippen molar-refractivity contribution in [2.75, 3.05) is 0 Å². The minimum absolute atomic E-state index is 0.541. The van der Waals surface area contributed by atoms with Crippen molar-refractivity contribution < 1.29 is 8.78 Å². The molecule has 2 aromatic rings. The highest BCUT2D eigenvalue weighted by Crippen LogP contribution is 2.20. The topological polar surface area (TPSA) is 15.8 Å². The molecule has 0 saturated heterocycles. The second-order valence-corrected chi connectivity index (χ2v) is 2.76. The van der Waals surface area contributed by atoms with E-state index in [1.165, 1.54) is 12.1 Å². The van der Waals surface area contributed by atoms with Crippen molar-refractivity contribution in [1.29, 1.82) is 0 Å². The Morgan fingerprint density at radius 2 is 1.62 bits per heavy atom.